The van der Waals surface area contributed by atoms with Crippen molar-refractivity contribution >= 4 is 11.4 Å². The molecule has 1 heterocycles. The van der Waals surface area contributed by atoms with Gasteiger partial charge in [-0.25, -0.2) is 8.78 Å². The lowest BCUT2D eigenvalue weighted by Crippen LogP contribution is -2.37. The van der Waals surface area contributed by atoms with Gasteiger partial charge in [0.15, 0.2) is 11.5 Å². The van der Waals surface area contributed by atoms with E-state index in [-0.39, 0.29) is 5.69 Å². The summed E-state index contributed by atoms with van der Waals surface area (Å²) in [6.45, 7) is 1.44. The highest BCUT2D eigenvalue weighted by Crippen LogP contribution is 2.32. The Hall–Kier alpha value is -1.76. The minimum Gasteiger partial charge on any atom is -0.378 e. The van der Waals surface area contributed by atoms with Crippen LogP contribution in [-0.2, 0) is 4.74 Å². The van der Waals surface area contributed by atoms with Crippen LogP contribution in [0.1, 0.15) is 0 Å². The van der Waals surface area contributed by atoms with Gasteiger partial charge in [-0.05, 0) is 0 Å². The van der Waals surface area contributed by atoms with E-state index in [9.17, 15) is 18.9 Å². The van der Waals surface area contributed by atoms with E-state index in [4.69, 9.17) is 4.74 Å². The molecule has 1 saturated heterocycles. The molecular formula is C10H10F2N2O3. The highest BCUT2D eigenvalue weighted by Gasteiger charge is 2.26. The Morgan fingerprint density at radius 3 is 2.53 bits per heavy atom. The average molecular weight is 244 g/mol. The van der Waals surface area contributed by atoms with E-state index in [1.54, 1.807) is 0 Å². The zero-order valence-corrected chi connectivity index (χ0v) is 8.86. The van der Waals surface area contributed by atoms with Gasteiger partial charge in [-0.1, -0.05) is 0 Å². The number of morpholine rings is 1. The Morgan fingerprint density at radius 1 is 1.29 bits per heavy atom. The second kappa shape index (κ2) is 4.62. The number of hydrogen-bond acceptors (Lipinski definition) is 4. The SMILES string of the molecule is O=[N+]([O-])c1cc(F)cc(F)c1N1CCOCC1. The second-order valence-electron chi connectivity index (χ2n) is 3.61. The zero-order chi connectivity index (χ0) is 12.4. The summed E-state index contributed by atoms with van der Waals surface area (Å²) in [5, 5.41) is 10.8. The molecule has 0 saturated carbocycles. The maximum atomic E-state index is 13.6. The third-order valence-corrected chi connectivity index (χ3v) is 2.53. The molecule has 0 bridgehead atoms. The molecule has 1 fully saturated rings. The zero-order valence-electron chi connectivity index (χ0n) is 8.86. The molecule has 0 amide bonds. The molecule has 0 aromatic heterocycles. The van der Waals surface area contributed by atoms with E-state index in [1.165, 1.54) is 4.90 Å². The summed E-state index contributed by atoms with van der Waals surface area (Å²) in [5.74, 6) is -1.87. The molecule has 0 spiro atoms. The number of rotatable bonds is 2. The third kappa shape index (κ3) is 2.33. The van der Waals surface area contributed by atoms with Crippen molar-refractivity contribution in [2.45, 2.75) is 0 Å². The largest absolute Gasteiger partial charge is 0.378 e. The van der Waals surface area contributed by atoms with Gasteiger partial charge < -0.3 is 9.64 Å². The number of nitro benzene ring substituents is 1. The van der Waals surface area contributed by atoms with Crippen LogP contribution in [0.25, 0.3) is 0 Å². The van der Waals surface area contributed by atoms with Crippen molar-refractivity contribution in [3.8, 4) is 0 Å². The van der Waals surface area contributed by atoms with Crippen LogP contribution in [0.15, 0.2) is 12.1 Å². The van der Waals surface area contributed by atoms with E-state index >= 15 is 0 Å². The summed E-state index contributed by atoms with van der Waals surface area (Å²) in [6, 6.07) is 1.38. The topological polar surface area (TPSA) is 55.6 Å². The molecule has 0 atom stereocenters. The molecule has 0 N–H and O–H groups in total. The predicted octanol–water partition coefficient (Wildman–Crippen LogP) is 1.71. The van der Waals surface area contributed by atoms with Gasteiger partial charge in [0.1, 0.15) is 5.82 Å². The monoisotopic (exact) mass is 244 g/mol. The summed E-state index contributed by atoms with van der Waals surface area (Å²) in [4.78, 5) is 11.5. The van der Waals surface area contributed by atoms with Crippen molar-refractivity contribution < 1.29 is 18.4 Å². The van der Waals surface area contributed by atoms with Gasteiger partial charge in [0.05, 0.1) is 24.2 Å². The van der Waals surface area contributed by atoms with Gasteiger partial charge in [0.2, 0.25) is 0 Å². The van der Waals surface area contributed by atoms with E-state index in [2.05, 4.69) is 0 Å². The first kappa shape index (κ1) is 11.7. The lowest BCUT2D eigenvalue weighted by molar-refractivity contribution is -0.384. The molecule has 2 rings (SSSR count). The number of hydrogen-bond donors (Lipinski definition) is 0. The maximum absolute atomic E-state index is 13.6. The van der Waals surface area contributed by atoms with Gasteiger partial charge in [-0.2, -0.15) is 0 Å². The summed E-state index contributed by atoms with van der Waals surface area (Å²) >= 11 is 0. The number of halogens is 2. The summed E-state index contributed by atoms with van der Waals surface area (Å²) < 4.78 is 31.7. The van der Waals surface area contributed by atoms with Gasteiger partial charge in [0.25, 0.3) is 5.69 Å². The quantitative estimate of drug-likeness (QED) is 0.587. The number of nitrogens with zero attached hydrogens (tertiary/aromatic N) is 2. The van der Waals surface area contributed by atoms with Crippen LogP contribution < -0.4 is 4.90 Å². The predicted molar refractivity (Wildman–Crippen MR) is 56.0 cm³/mol. The Labute approximate surface area is 95.7 Å². The lowest BCUT2D eigenvalue weighted by Gasteiger charge is -2.28. The first-order chi connectivity index (χ1) is 8.09. The van der Waals surface area contributed by atoms with Crippen molar-refractivity contribution in [3.05, 3.63) is 33.9 Å². The Kier molecular flexibility index (Phi) is 3.19. The van der Waals surface area contributed by atoms with Crippen molar-refractivity contribution in [3.63, 3.8) is 0 Å². The molecule has 17 heavy (non-hydrogen) atoms. The third-order valence-electron chi connectivity index (χ3n) is 2.53. The molecule has 1 aliphatic heterocycles. The number of anilines is 1. The minimum atomic E-state index is -0.953. The highest BCUT2D eigenvalue weighted by molar-refractivity contribution is 5.64. The first-order valence-corrected chi connectivity index (χ1v) is 5.05. The molecule has 0 unspecified atom stereocenters. The fourth-order valence-corrected chi connectivity index (χ4v) is 1.79. The number of benzene rings is 1. The van der Waals surface area contributed by atoms with Gasteiger partial charge >= 0.3 is 0 Å². The molecular weight excluding hydrogens is 234 g/mol. The smallest absolute Gasteiger partial charge is 0.298 e. The van der Waals surface area contributed by atoms with E-state index in [0.717, 1.165) is 6.07 Å². The number of nitro groups is 1. The van der Waals surface area contributed by atoms with Crippen LogP contribution >= 0.6 is 0 Å². The summed E-state index contributed by atoms with van der Waals surface area (Å²) in [5.41, 5.74) is -0.718. The van der Waals surface area contributed by atoms with Gasteiger partial charge in [0, 0.05) is 19.2 Å². The standard InChI is InChI=1S/C10H10F2N2O3/c11-7-5-8(12)10(9(6-7)14(15)16)13-1-3-17-4-2-13/h5-6H,1-4H2. The van der Waals surface area contributed by atoms with Gasteiger partial charge in [-0.15, -0.1) is 0 Å². The van der Waals surface area contributed by atoms with Crippen LogP contribution in [0.4, 0.5) is 20.2 Å². The van der Waals surface area contributed by atoms with E-state index in [1.807, 2.05) is 0 Å². The Bertz CT molecular complexity index is 447. The molecule has 5 nitrogen and oxygen atoms in total. The molecule has 1 aliphatic rings. The van der Waals surface area contributed by atoms with E-state index < -0.39 is 22.2 Å². The Morgan fingerprint density at radius 2 is 1.94 bits per heavy atom. The molecule has 1 aromatic rings. The number of ether oxygens (including phenoxy) is 1. The van der Waals surface area contributed by atoms with Crippen molar-refractivity contribution in [2.24, 2.45) is 0 Å². The first-order valence-electron chi connectivity index (χ1n) is 5.05. The van der Waals surface area contributed by atoms with Crippen molar-refractivity contribution in [1.82, 2.24) is 0 Å². The summed E-state index contributed by atoms with van der Waals surface area (Å²) in [7, 11) is 0. The maximum Gasteiger partial charge on any atom is 0.298 e. The second-order valence-corrected chi connectivity index (χ2v) is 3.61. The fourth-order valence-electron chi connectivity index (χ4n) is 1.79. The molecule has 0 aliphatic carbocycles. The van der Waals surface area contributed by atoms with Crippen LogP contribution in [0.3, 0.4) is 0 Å². The van der Waals surface area contributed by atoms with Crippen LogP contribution in [0, 0.1) is 21.7 Å². The van der Waals surface area contributed by atoms with Crippen molar-refractivity contribution in [2.75, 3.05) is 31.2 Å². The van der Waals surface area contributed by atoms with Crippen LogP contribution in [0.5, 0.6) is 0 Å². The highest BCUT2D eigenvalue weighted by atomic mass is 19.1. The molecule has 7 heteroatoms. The molecule has 1 aromatic carbocycles. The van der Waals surface area contributed by atoms with Gasteiger partial charge in [-0.3, -0.25) is 10.1 Å². The summed E-state index contributed by atoms with van der Waals surface area (Å²) in [6.07, 6.45) is 0. The Balaban J connectivity index is 2.46. The minimum absolute atomic E-state index is 0.167. The molecule has 0 radical (unpaired) electrons. The van der Waals surface area contributed by atoms with Crippen LogP contribution in [0.2, 0.25) is 0 Å². The van der Waals surface area contributed by atoms with E-state index in [0.29, 0.717) is 32.4 Å². The van der Waals surface area contributed by atoms with Crippen LogP contribution in [-0.4, -0.2) is 31.2 Å². The lowest BCUT2D eigenvalue weighted by atomic mass is 10.2. The van der Waals surface area contributed by atoms with Crippen molar-refractivity contribution in [1.29, 1.82) is 0 Å². The average Bonchev–Trinajstić information content (AvgIpc) is 2.29. The normalized spacial score (nSPS) is 16.0. The molecule has 92 valence electrons. The fraction of sp³-hybridized carbons (Fsp3) is 0.400.